The summed E-state index contributed by atoms with van der Waals surface area (Å²) in [6.45, 7) is 1.33. The van der Waals surface area contributed by atoms with Gasteiger partial charge >= 0.3 is 0 Å². The first-order valence-corrected chi connectivity index (χ1v) is 8.48. The van der Waals surface area contributed by atoms with E-state index in [1.54, 1.807) is 6.07 Å². The molecule has 2 aromatic rings. The summed E-state index contributed by atoms with van der Waals surface area (Å²) in [6, 6.07) is 9.66. The molecule has 7 heteroatoms. The molecule has 2 aliphatic rings. The van der Waals surface area contributed by atoms with E-state index < -0.39 is 12.0 Å². The maximum Gasteiger partial charge on any atom is 0.252 e. The van der Waals surface area contributed by atoms with E-state index >= 15 is 0 Å². The van der Waals surface area contributed by atoms with Gasteiger partial charge in [0.2, 0.25) is 5.91 Å². The van der Waals surface area contributed by atoms with Crippen molar-refractivity contribution in [3.05, 3.63) is 35.9 Å². The van der Waals surface area contributed by atoms with Crippen molar-refractivity contribution in [3.8, 4) is 0 Å². The van der Waals surface area contributed by atoms with Gasteiger partial charge in [0.25, 0.3) is 5.91 Å². The fourth-order valence-electron chi connectivity index (χ4n) is 3.03. The number of rotatable bonds is 4. The molecular weight excluding hydrogens is 320 g/mol. The molecule has 0 spiro atoms. The Kier molecular flexibility index (Phi) is 4.01. The molecule has 7 nitrogen and oxygen atoms in total. The Morgan fingerprint density at radius 1 is 1.28 bits per heavy atom. The molecule has 2 heterocycles. The fraction of sp³-hybridized carbons (Fsp3) is 0.389. The highest BCUT2D eigenvalue weighted by Crippen LogP contribution is 2.26. The number of nitrogens with two attached hydrogens (primary N) is 1. The molecular formula is C18H20N4O3. The smallest absolute Gasteiger partial charge is 0.252 e. The summed E-state index contributed by atoms with van der Waals surface area (Å²) >= 11 is 0. The number of amides is 2. The number of anilines is 1. The Labute approximate surface area is 145 Å². The van der Waals surface area contributed by atoms with Gasteiger partial charge in [-0.15, -0.1) is 0 Å². The molecule has 1 saturated heterocycles. The Hall–Kier alpha value is -2.67. The number of hydrogen-bond acceptors (Lipinski definition) is 5. The highest BCUT2D eigenvalue weighted by molar-refractivity contribution is 6.07. The monoisotopic (exact) mass is 340 g/mol. The van der Waals surface area contributed by atoms with Crippen LogP contribution in [0.25, 0.3) is 10.9 Å². The third-order valence-electron chi connectivity index (χ3n) is 4.57. The first-order valence-electron chi connectivity index (χ1n) is 8.48. The number of primary amides is 1. The van der Waals surface area contributed by atoms with E-state index in [2.05, 4.69) is 10.3 Å². The van der Waals surface area contributed by atoms with Crippen molar-refractivity contribution in [1.29, 1.82) is 0 Å². The Morgan fingerprint density at radius 2 is 2.08 bits per heavy atom. The zero-order valence-electron chi connectivity index (χ0n) is 13.8. The molecule has 0 unspecified atom stereocenters. The minimum absolute atomic E-state index is 0.0814. The molecule has 1 aliphatic heterocycles. The number of morpholine rings is 1. The van der Waals surface area contributed by atoms with Crippen LogP contribution < -0.4 is 16.0 Å². The molecule has 1 aliphatic carbocycles. The van der Waals surface area contributed by atoms with Gasteiger partial charge in [-0.1, -0.05) is 18.2 Å². The molecule has 1 aromatic heterocycles. The van der Waals surface area contributed by atoms with Crippen LogP contribution in [-0.2, 0) is 9.53 Å². The number of fused-ring (bicyclic) bond motifs is 1. The third kappa shape index (κ3) is 3.28. The van der Waals surface area contributed by atoms with Gasteiger partial charge in [-0.3, -0.25) is 9.59 Å². The summed E-state index contributed by atoms with van der Waals surface area (Å²) in [7, 11) is 0. The van der Waals surface area contributed by atoms with Gasteiger partial charge in [0.05, 0.1) is 24.2 Å². The molecule has 1 aromatic carbocycles. The molecule has 0 bridgehead atoms. The van der Waals surface area contributed by atoms with E-state index in [1.165, 1.54) is 0 Å². The zero-order chi connectivity index (χ0) is 17.4. The fourth-order valence-corrected chi connectivity index (χ4v) is 3.03. The lowest BCUT2D eigenvalue weighted by Gasteiger charge is -2.32. The van der Waals surface area contributed by atoms with Gasteiger partial charge in [-0.05, 0) is 25.0 Å². The van der Waals surface area contributed by atoms with Crippen molar-refractivity contribution in [2.24, 2.45) is 5.73 Å². The van der Waals surface area contributed by atoms with E-state index in [1.807, 2.05) is 29.2 Å². The van der Waals surface area contributed by atoms with Gasteiger partial charge in [0.15, 0.2) is 6.10 Å². The topological polar surface area (TPSA) is 97.6 Å². The van der Waals surface area contributed by atoms with Crippen LogP contribution in [0.4, 0.5) is 5.82 Å². The predicted molar refractivity (Wildman–Crippen MR) is 93.4 cm³/mol. The second kappa shape index (κ2) is 6.33. The maximum absolute atomic E-state index is 12.7. The minimum Gasteiger partial charge on any atom is -0.367 e. The van der Waals surface area contributed by atoms with Crippen LogP contribution in [0.15, 0.2) is 30.3 Å². The highest BCUT2D eigenvalue weighted by Gasteiger charge is 2.28. The summed E-state index contributed by atoms with van der Waals surface area (Å²) in [4.78, 5) is 30.7. The predicted octanol–water partition coefficient (Wildman–Crippen LogP) is 0.817. The van der Waals surface area contributed by atoms with Crippen molar-refractivity contribution >= 4 is 28.5 Å². The number of carbonyl (C=O) groups is 2. The largest absolute Gasteiger partial charge is 0.367 e. The van der Waals surface area contributed by atoms with Crippen LogP contribution in [0.3, 0.4) is 0 Å². The van der Waals surface area contributed by atoms with Crippen LogP contribution in [0.5, 0.6) is 0 Å². The van der Waals surface area contributed by atoms with Crippen molar-refractivity contribution in [3.63, 3.8) is 0 Å². The summed E-state index contributed by atoms with van der Waals surface area (Å²) in [6.07, 6.45) is 1.40. The first kappa shape index (κ1) is 15.8. The van der Waals surface area contributed by atoms with E-state index in [4.69, 9.17) is 10.5 Å². The second-order valence-electron chi connectivity index (χ2n) is 6.50. The van der Waals surface area contributed by atoms with Gasteiger partial charge in [0.1, 0.15) is 5.82 Å². The quantitative estimate of drug-likeness (QED) is 0.859. The number of hydrogen-bond donors (Lipinski definition) is 2. The number of ether oxygens (including phenoxy) is 1. The van der Waals surface area contributed by atoms with E-state index in [-0.39, 0.29) is 11.9 Å². The van der Waals surface area contributed by atoms with Crippen LogP contribution in [0.1, 0.15) is 23.2 Å². The number of nitrogens with zero attached hydrogens (tertiary/aromatic N) is 2. The highest BCUT2D eigenvalue weighted by atomic mass is 16.5. The van der Waals surface area contributed by atoms with Crippen LogP contribution in [-0.4, -0.2) is 48.6 Å². The molecule has 2 amide bonds. The number of carbonyl (C=O) groups excluding carboxylic acids is 2. The van der Waals surface area contributed by atoms with Crippen LogP contribution in [0.2, 0.25) is 0 Å². The lowest BCUT2D eigenvalue weighted by molar-refractivity contribution is -0.130. The average Bonchev–Trinajstić information content (AvgIpc) is 3.44. The lowest BCUT2D eigenvalue weighted by atomic mass is 10.1. The molecule has 0 radical (unpaired) electrons. The number of para-hydroxylation sites is 1. The van der Waals surface area contributed by atoms with Crippen molar-refractivity contribution in [2.45, 2.75) is 25.0 Å². The van der Waals surface area contributed by atoms with Gasteiger partial charge in [-0.2, -0.15) is 0 Å². The number of nitrogens with one attached hydrogen (secondary N) is 1. The van der Waals surface area contributed by atoms with Gasteiger partial charge < -0.3 is 20.7 Å². The Bertz CT molecular complexity index is 834. The summed E-state index contributed by atoms with van der Waals surface area (Å²) in [5.41, 5.74) is 6.72. The summed E-state index contributed by atoms with van der Waals surface area (Å²) < 4.78 is 5.39. The minimum atomic E-state index is -0.661. The SMILES string of the molecule is NC(=O)[C@@H]1CN(c2cc(C(=O)NC3CC3)c3ccccc3n2)CCO1. The lowest BCUT2D eigenvalue weighted by Crippen LogP contribution is -2.48. The van der Waals surface area contributed by atoms with E-state index in [0.717, 1.165) is 23.7 Å². The van der Waals surface area contributed by atoms with Crippen molar-refractivity contribution in [2.75, 3.05) is 24.6 Å². The first-order chi connectivity index (χ1) is 12.1. The average molecular weight is 340 g/mol. The van der Waals surface area contributed by atoms with Crippen molar-refractivity contribution < 1.29 is 14.3 Å². The molecule has 1 saturated carbocycles. The number of benzene rings is 1. The third-order valence-corrected chi connectivity index (χ3v) is 4.57. The molecule has 2 fully saturated rings. The van der Waals surface area contributed by atoms with Gasteiger partial charge in [0, 0.05) is 18.0 Å². The molecule has 1 atom stereocenters. The van der Waals surface area contributed by atoms with Crippen molar-refractivity contribution in [1.82, 2.24) is 10.3 Å². The molecule has 25 heavy (non-hydrogen) atoms. The number of pyridine rings is 1. The van der Waals surface area contributed by atoms with Crippen LogP contribution in [0, 0.1) is 0 Å². The Balaban J connectivity index is 1.71. The van der Waals surface area contributed by atoms with Gasteiger partial charge in [-0.25, -0.2) is 4.98 Å². The molecule has 130 valence electrons. The summed E-state index contributed by atoms with van der Waals surface area (Å²) in [5, 5.41) is 3.86. The maximum atomic E-state index is 12.7. The second-order valence-corrected chi connectivity index (χ2v) is 6.50. The Morgan fingerprint density at radius 3 is 2.84 bits per heavy atom. The zero-order valence-corrected chi connectivity index (χ0v) is 13.8. The van der Waals surface area contributed by atoms with E-state index in [0.29, 0.717) is 31.1 Å². The molecule has 4 rings (SSSR count). The van der Waals surface area contributed by atoms with E-state index in [9.17, 15) is 9.59 Å². The molecule has 3 N–H and O–H groups in total. The normalized spacial score (nSPS) is 20.5. The van der Waals surface area contributed by atoms with Crippen LogP contribution >= 0.6 is 0 Å². The standard InChI is InChI=1S/C18H20N4O3/c19-17(23)15-10-22(7-8-25-15)16-9-13(18(24)20-11-5-6-11)12-3-1-2-4-14(12)21-16/h1-4,9,11,15H,5-8,10H2,(H2,19,23)(H,20,24)/t15-/m0/s1. The number of aromatic nitrogens is 1. The summed E-state index contributed by atoms with van der Waals surface area (Å²) in [5.74, 6) is 0.0912.